The van der Waals surface area contributed by atoms with Gasteiger partial charge in [-0.1, -0.05) is 55.5 Å². The first kappa shape index (κ1) is 24.0. The Morgan fingerprint density at radius 3 is 2.31 bits per heavy atom. The van der Waals surface area contributed by atoms with E-state index in [0.717, 1.165) is 10.8 Å². The molecule has 0 unspecified atom stereocenters. The number of aliphatic hydroxyl groups excluding tert-OH is 1. The second-order valence-corrected chi connectivity index (χ2v) is 11.2. The van der Waals surface area contributed by atoms with E-state index in [4.69, 9.17) is 0 Å². The summed E-state index contributed by atoms with van der Waals surface area (Å²) < 4.78 is 29.0. The first-order valence-electron chi connectivity index (χ1n) is 11.7. The molecule has 5 rings (SSSR count). The quantitative estimate of drug-likeness (QED) is 0.476. The van der Waals surface area contributed by atoms with E-state index >= 15 is 0 Å². The molecule has 2 heterocycles. The molecule has 0 aromatic heterocycles. The lowest BCUT2D eigenvalue weighted by molar-refractivity contribution is -0.163. The summed E-state index contributed by atoms with van der Waals surface area (Å²) in [4.78, 5) is 26.3. The van der Waals surface area contributed by atoms with Crippen molar-refractivity contribution in [1.29, 1.82) is 0 Å². The van der Waals surface area contributed by atoms with Gasteiger partial charge < -0.3 is 15.1 Å². The highest BCUT2D eigenvalue weighted by Crippen LogP contribution is 2.47. The highest BCUT2D eigenvalue weighted by Gasteiger charge is 2.60. The Bertz CT molecular complexity index is 1500. The number of carbonyl (C=O) groups is 2. The second kappa shape index (κ2) is 8.76. The van der Waals surface area contributed by atoms with Crippen molar-refractivity contribution in [1.82, 2.24) is 4.90 Å². The molecular formula is C27H26N2O6S. The molecule has 2 aliphatic rings. The number of carboxylic acids is 1. The molecule has 36 heavy (non-hydrogen) atoms. The van der Waals surface area contributed by atoms with Gasteiger partial charge in [0.1, 0.15) is 5.70 Å². The lowest BCUT2D eigenvalue weighted by atomic mass is 9.78. The van der Waals surface area contributed by atoms with Crippen LogP contribution >= 0.6 is 0 Å². The number of carbonyl (C=O) groups excluding carboxylic acids is 1. The van der Waals surface area contributed by atoms with Crippen LogP contribution in [0.5, 0.6) is 0 Å². The fourth-order valence-electron chi connectivity index (χ4n) is 5.37. The first-order valence-corrected chi connectivity index (χ1v) is 13.1. The van der Waals surface area contributed by atoms with Crippen LogP contribution in [0.25, 0.3) is 10.8 Å². The monoisotopic (exact) mass is 506 g/mol. The summed E-state index contributed by atoms with van der Waals surface area (Å²) in [6, 6.07) is 20.3. The zero-order valence-electron chi connectivity index (χ0n) is 19.8. The summed E-state index contributed by atoms with van der Waals surface area (Å²) in [5.74, 6) is -2.95. The van der Waals surface area contributed by atoms with Crippen molar-refractivity contribution in [3.05, 3.63) is 84.1 Å². The predicted molar refractivity (Wildman–Crippen MR) is 135 cm³/mol. The van der Waals surface area contributed by atoms with Gasteiger partial charge >= 0.3 is 5.97 Å². The van der Waals surface area contributed by atoms with Crippen LogP contribution in [0.1, 0.15) is 13.8 Å². The SMILES string of the molecule is C[C@@H](O)[C@H]1C(=O)N2C(C(=O)O)=C(CN(c3ccc4ccccc4c3)S(=O)(=O)c3ccccc3)[C@H](C)[C@H]12. The molecule has 2 aliphatic heterocycles. The zero-order valence-corrected chi connectivity index (χ0v) is 20.6. The Labute approximate surface area is 209 Å². The number of hydrogen-bond acceptors (Lipinski definition) is 5. The number of amides is 1. The molecule has 0 aliphatic carbocycles. The van der Waals surface area contributed by atoms with Crippen LogP contribution in [0.2, 0.25) is 0 Å². The van der Waals surface area contributed by atoms with Crippen LogP contribution in [0.15, 0.2) is 89.0 Å². The third-order valence-corrected chi connectivity index (χ3v) is 8.97. The highest BCUT2D eigenvalue weighted by molar-refractivity contribution is 7.92. The average Bonchev–Trinajstić information content (AvgIpc) is 3.10. The van der Waals surface area contributed by atoms with Gasteiger partial charge in [0.25, 0.3) is 10.0 Å². The number of hydrogen-bond donors (Lipinski definition) is 2. The third kappa shape index (κ3) is 3.66. The summed E-state index contributed by atoms with van der Waals surface area (Å²) in [5, 5.41) is 21.9. The largest absolute Gasteiger partial charge is 0.477 e. The molecule has 8 nitrogen and oxygen atoms in total. The number of fused-ring (bicyclic) bond motifs is 2. The Morgan fingerprint density at radius 1 is 1.03 bits per heavy atom. The Balaban J connectivity index is 1.65. The van der Waals surface area contributed by atoms with E-state index in [1.807, 2.05) is 30.3 Å². The number of benzene rings is 3. The van der Waals surface area contributed by atoms with Crippen LogP contribution < -0.4 is 4.31 Å². The van der Waals surface area contributed by atoms with Crippen LogP contribution in [0.4, 0.5) is 5.69 Å². The van der Waals surface area contributed by atoms with Gasteiger partial charge in [0.05, 0.1) is 35.2 Å². The molecule has 2 N–H and O–H groups in total. The number of anilines is 1. The van der Waals surface area contributed by atoms with E-state index in [1.54, 1.807) is 37.3 Å². The Kier molecular flexibility index (Phi) is 5.84. The number of aliphatic carboxylic acids is 1. The summed E-state index contributed by atoms with van der Waals surface area (Å²) in [7, 11) is -4.09. The molecule has 0 radical (unpaired) electrons. The molecule has 3 aromatic rings. The van der Waals surface area contributed by atoms with Crippen molar-refractivity contribution < 1.29 is 28.2 Å². The molecule has 3 aromatic carbocycles. The molecular weight excluding hydrogens is 480 g/mol. The number of nitrogens with zero attached hydrogens (tertiary/aromatic N) is 2. The van der Waals surface area contributed by atoms with Crippen molar-refractivity contribution >= 4 is 38.4 Å². The molecule has 9 heteroatoms. The van der Waals surface area contributed by atoms with Gasteiger partial charge in [0, 0.05) is 5.92 Å². The van der Waals surface area contributed by atoms with Crippen molar-refractivity contribution in [2.75, 3.05) is 10.8 Å². The number of rotatable bonds is 7. The summed E-state index contributed by atoms with van der Waals surface area (Å²) in [6.45, 7) is 3.04. The maximum absolute atomic E-state index is 13.9. The normalized spacial score (nSPS) is 22.4. The minimum Gasteiger partial charge on any atom is -0.477 e. The number of carboxylic acid groups (broad SMARTS) is 1. The maximum Gasteiger partial charge on any atom is 0.352 e. The van der Waals surface area contributed by atoms with Crippen molar-refractivity contribution in [2.24, 2.45) is 11.8 Å². The lowest BCUT2D eigenvalue weighted by Gasteiger charge is -2.46. The van der Waals surface area contributed by atoms with Gasteiger partial charge in [-0.25, -0.2) is 13.2 Å². The molecule has 0 spiro atoms. The van der Waals surface area contributed by atoms with E-state index < -0.39 is 45.9 Å². The molecule has 1 saturated heterocycles. The van der Waals surface area contributed by atoms with Gasteiger partial charge in [-0.05, 0) is 47.5 Å². The minimum atomic E-state index is -4.09. The maximum atomic E-state index is 13.9. The smallest absolute Gasteiger partial charge is 0.352 e. The number of β-lactam (4-membered cyclic amide) rings is 1. The van der Waals surface area contributed by atoms with E-state index in [0.29, 0.717) is 11.3 Å². The predicted octanol–water partition coefficient (Wildman–Crippen LogP) is 3.23. The number of sulfonamides is 1. The molecule has 0 saturated carbocycles. The minimum absolute atomic E-state index is 0.0718. The standard InChI is InChI=1S/C27H26N2O6S/c1-16-22(25(27(32)33)29-24(16)23(17(2)30)26(29)31)15-28(36(34,35)21-10-4-3-5-11-21)20-13-12-18-8-6-7-9-19(18)14-20/h3-14,16-17,23-24,30H,15H2,1-2H3,(H,32,33)/t16-,17+,23+,24+/m0/s1. The van der Waals surface area contributed by atoms with Crippen molar-refractivity contribution in [3.8, 4) is 0 Å². The molecule has 1 amide bonds. The van der Waals surface area contributed by atoms with Gasteiger partial charge in [-0.15, -0.1) is 0 Å². The molecule has 4 atom stereocenters. The third-order valence-electron chi connectivity index (χ3n) is 7.18. The van der Waals surface area contributed by atoms with Crippen molar-refractivity contribution in [3.63, 3.8) is 0 Å². The Morgan fingerprint density at radius 2 is 1.67 bits per heavy atom. The molecule has 186 valence electrons. The van der Waals surface area contributed by atoms with Gasteiger partial charge in [-0.2, -0.15) is 0 Å². The van der Waals surface area contributed by atoms with Crippen LogP contribution in [-0.4, -0.2) is 54.1 Å². The van der Waals surface area contributed by atoms with E-state index in [2.05, 4.69) is 0 Å². The molecule has 0 bridgehead atoms. The van der Waals surface area contributed by atoms with Crippen molar-refractivity contribution in [2.45, 2.75) is 30.9 Å². The number of aliphatic hydroxyl groups is 1. The lowest BCUT2D eigenvalue weighted by Crippen LogP contribution is -2.63. The van der Waals surface area contributed by atoms with Gasteiger partial charge in [-0.3, -0.25) is 9.10 Å². The van der Waals surface area contributed by atoms with E-state index in [9.17, 15) is 28.2 Å². The van der Waals surface area contributed by atoms with Crippen LogP contribution in [0, 0.1) is 11.8 Å². The summed E-state index contributed by atoms with van der Waals surface area (Å²) in [5.41, 5.74) is 0.509. The highest BCUT2D eigenvalue weighted by atomic mass is 32.2. The average molecular weight is 507 g/mol. The zero-order chi connectivity index (χ0) is 25.8. The van der Waals surface area contributed by atoms with E-state index in [1.165, 1.54) is 28.3 Å². The van der Waals surface area contributed by atoms with Crippen LogP contribution in [0.3, 0.4) is 0 Å². The second-order valence-electron chi connectivity index (χ2n) is 9.29. The van der Waals surface area contributed by atoms with Crippen LogP contribution in [-0.2, 0) is 19.6 Å². The fourth-order valence-corrected chi connectivity index (χ4v) is 6.83. The van der Waals surface area contributed by atoms with E-state index in [-0.39, 0.29) is 17.1 Å². The Hall–Kier alpha value is -3.69. The molecule has 1 fully saturated rings. The van der Waals surface area contributed by atoms with Gasteiger partial charge in [0.15, 0.2) is 0 Å². The summed E-state index contributed by atoms with van der Waals surface area (Å²) in [6.07, 6.45) is -0.944. The summed E-state index contributed by atoms with van der Waals surface area (Å²) >= 11 is 0. The van der Waals surface area contributed by atoms with Gasteiger partial charge in [0.2, 0.25) is 5.91 Å². The fraction of sp³-hybridized carbons (Fsp3) is 0.259. The first-order chi connectivity index (χ1) is 17.1. The topological polar surface area (TPSA) is 115 Å².